The Balaban J connectivity index is 1.96. The number of nitrogens with zero attached hydrogens (tertiary/aromatic N) is 3. The molecule has 3 N–H and O–H groups in total. The largest absolute Gasteiger partial charge is 0.338 e. The smallest absolute Gasteiger partial charge is 0.205 e. The van der Waals surface area contributed by atoms with E-state index in [-0.39, 0.29) is 0 Å². The third kappa shape index (κ3) is 1.86. The molecular formula is C12H17N5. The van der Waals surface area contributed by atoms with Crippen LogP contribution in [0.25, 0.3) is 11.2 Å². The molecule has 3 heterocycles. The summed E-state index contributed by atoms with van der Waals surface area (Å²) >= 11 is 0. The molecule has 0 saturated carbocycles. The third-order valence-corrected chi connectivity index (χ3v) is 3.42. The lowest BCUT2D eigenvalue weighted by molar-refractivity contribution is 0.459. The number of hydrogen-bond acceptors (Lipinski definition) is 4. The first-order valence-corrected chi connectivity index (χ1v) is 6.16. The van der Waals surface area contributed by atoms with Crippen LogP contribution in [0, 0.1) is 0 Å². The van der Waals surface area contributed by atoms with Crippen molar-refractivity contribution in [3.05, 3.63) is 18.3 Å². The number of aromatic nitrogens is 3. The first kappa shape index (κ1) is 10.5. The van der Waals surface area contributed by atoms with E-state index in [1.165, 1.54) is 12.8 Å². The molecule has 1 fully saturated rings. The number of fused-ring (bicyclic) bond motifs is 1. The Morgan fingerprint density at radius 2 is 2.41 bits per heavy atom. The number of nitrogens with one attached hydrogen (secondary N) is 1. The molecule has 0 aromatic carbocycles. The lowest BCUT2D eigenvalue weighted by atomic mass is 10.0. The van der Waals surface area contributed by atoms with Gasteiger partial charge in [0.05, 0.1) is 5.52 Å². The molecule has 0 radical (unpaired) electrons. The van der Waals surface area contributed by atoms with Gasteiger partial charge in [-0.15, -0.1) is 0 Å². The van der Waals surface area contributed by atoms with Crippen LogP contribution in [-0.2, 0) is 0 Å². The summed E-state index contributed by atoms with van der Waals surface area (Å²) in [5.74, 6) is 0.911. The van der Waals surface area contributed by atoms with Crippen molar-refractivity contribution in [2.75, 3.05) is 18.0 Å². The van der Waals surface area contributed by atoms with E-state index < -0.39 is 0 Å². The van der Waals surface area contributed by atoms with Gasteiger partial charge in [0, 0.05) is 25.3 Å². The van der Waals surface area contributed by atoms with Crippen LogP contribution in [0.1, 0.15) is 19.3 Å². The Labute approximate surface area is 100 Å². The molecule has 17 heavy (non-hydrogen) atoms. The zero-order valence-corrected chi connectivity index (χ0v) is 9.76. The van der Waals surface area contributed by atoms with E-state index >= 15 is 0 Å². The Hall–Kier alpha value is -1.62. The topological polar surface area (TPSA) is 70.8 Å². The van der Waals surface area contributed by atoms with Gasteiger partial charge in [0.1, 0.15) is 0 Å². The zero-order chi connectivity index (χ0) is 11.7. The molecule has 1 aliphatic rings. The summed E-state index contributed by atoms with van der Waals surface area (Å²) in [5.41, 5.74) is 7.60. The molecule has 5 heteroatoms. The minimum atomic E-state index is 0.407. The van der Waals surface area contributed by atoms with Crippen LogP contribution in [0.2, 0.25) is 0 Å². The molecule has 0 spiro atoms. The highest BCUT2D eigenvalue weighted by Crippen LogP contribution is 2.23. The van der Waals surface area contributed by atoms with Crippen LogP contribution in [0.4, 0.5) is 5.95 Å². The van der Waals surface area contributed by atoms with Gasteiger partial charge in [0.25, 0.3) is 0 Å². The summed E-state index contributed by atoms with van der Waals surface area (Å²) in [6, 6.07) is 4.32. The van der Waals surface area contributed by atoms with Crippen molar-refractivity contribution in [3.63, 3.8) is 0 Å². The highest BCUT2D eigenvalue weighted by molar-refractivity contribution is 5.73. The summed E-state index contributed by atoms with van der Waals surface area (Å²) in [7, 11) is 0. The van der Waals surface area contributed by atoms with Crippen molar-refractivity contribution in [2.45, 2.75) is 25.3 Å². The van der Waals surface area contributed by atoms with E-state index in [2.05, 4.69) is 19.9 Å². The van der Waals surface area contributed by atoms with Crippen LogP contribution in [-0.4, -0.2) is 34.1 Å². The van der Waals surface area contributed by atoms with Gasteiger partial charge in [-0.2, -0.15) is 4.98 Å². The highest BCUT2D eigenvalue weighted by atomic mass is 15.3. The Morgan fingerprint density at radius 3 is 3.24 bits per heavy atom. The Kier molecular flexibility index (Phi) is 2.68. The average molecular weight is 231 g/mol. The van der Waals surface area contributed by atoms with Gasteiger partial charge in [-0.05, 0) is 31.4 Å². The summed E-state index contributed by atoms with van der Waals surface area (Å²) in [4.78, 5) is 14.4. The summed E-state index contributed by atoms with van der Waals surface area (Å²) < 4.78 is 0. The second-order valence-electron chi connectivity index (χ2n) is 4.51. The number of H-pyrrole nitrogens is 1. The van der Waals surface area contributed by atoms with Crippen molar-refractivity contribution in [1.82, 2.24) is 15.0 Å². The van der Waals surface area contributed by atoms with Gasteiger partial charge in [-0.3, -0.25) is 0 Å². The molecule has 1 aliphatic heterocycles. The second kappa shape index (κ2) is 4.33. The first-order valence-electron chi connectivity index (χ1n) is 6.16. The summed E-state index contributed by atoms with van der Waals surface area (Å²) in [6.45, 7) is 1.71. The summed E-state index contributed by atoms with van der Waals surface area (Å²) in [5, 5.41) is 0. The average Bonchev–Trinajstić information content (AvgIpc) is 2.82. The summed E-state index contributed by atoms with van der Waals surface area (Å²) in [6.07, 6.45) is 5.39. The van der Waals surface area contributed by atoms with E-state index in [0.717, 1.165) is 30.1 Å². The fourth-order valence-corrected chi connectivity index (χ4v) is 2.49. The maximum atomic E-state index is 5.83. The first-order chi connectivity index (χ1) is 8.38. The molecular weight excluding hydrogens is 214 g/mol. The molecule has 2 aromatic heterocycles. The number of pyridine rings is 1. The van der Waals surface area contributed by atoms with Gasteiger partial charge >= 0.3 is 0 Å². The van der Waals surface area contributed by atoms with Crippen LogP contribution < -0.4 is 10.6 Å². The SMILES string of the molecule is NC[C@H]1CCCCN1c1nc2ncccc2[nH]1. The lowest BCUT2D eigenvalue weighted by Crippen LogP contribution is -2.44. The van der Waals surface area contributed by atoms with Gasteiger partial charge in [0.2, 0.25) is 5.95 Å². The maximum Gasteiger partial charge on any atom is 0.205 e. The minimum Gasteiger partial charge on any atom is -0.338 e. The lowest BCUT2D eigenvalue weighted by Gasteiger charge is -2.34. The molecule has 2 aromatic rings. The molecule has 1 saturated heterocycles. The number of aromatic amines is 1. The number of nitrogens with two attached hydrogens (primary N) is 1. The third-order valence-electron chi connectivity index (χ3n) is 3.42. The molecule has 0 amide bonds. The fourth-order valence-electron chi connectivity index (χ4n) is 2.49. The number of imidazole rings is 1. The van der Waals surface area contributed by atoms with Crippen molar-refractivity contribution >= 4 is 17.1 Å². The van der Waals surface area contributed by atoms with Gasteiger partial charge in [-0.25, -0.2) is 4.98 Å². The highest BCUT2D eigenvalue weighted by Gasteiger charge is 2.23. The molecule has 0 bridgehead atoms. The van der Waals surface area contributed by atoms with Crippen LogP contribution >= 0.6 is 0 Å². The minimum absolute atomic E-state index is 0.407. The van der Waals surface area contributed by atoms with E-state index in [9.17, 15) is 0 Å². The molecule has 1 atom stereocenters. The predicted molar refractivity (Wildman–Crippen MR) is 67.9 cm³/mol. The molecule has 0 aliphatic carbocycles. The monoisotopic (exact) mass is 231 g/mol. The van der Waals surface area contributed by atoms with Gasteiger partial charge in [-0.1, -0.05) is 0 Å². The molecule has 5 nitrogen and oxygen atoms in total. The van der Waals surface area contributed by atoms with E-state index in [1.54, 1.807) is 6.20 Å². The second-order valence-corrected chi connectivity index (χ2v) is 4.51. The fraction of sp³-hybridized carbons (Fsp3) is 0.500. The Bertz CT molecular complexity index is 473. The van der Waals surface area contributed by atoms with E-state index in [1.807, 2.05) is 12.1 Å². The molecule has 3 rings (SSSR count). The molecule has 0 unspecified atom stereocenters. The quantitative estimate of drug-likeness (QED) is 0.816. The molecule has 90 valence electrons. The van der Waals surface area contributed by atoms with Crippen molar-refractivity contribution in [1.29, 1.82) is 0 Å². The standard InChI is InChI=1S/C12H17N5/c13-8-9-4-1-2-7-17(9)12-15-10-5-3-6-14-11(10)16-12/h3,5-6,9H,1-2,4,7-8,13H2,(H,14,15,16)/t9-/m1/s1. The number of hydrogen-bond donors (Lipinski definition) is 2. The van der Waals surface area contributed by atoms with E-state index in [0.29, 0.717) is 12.6 Å². The Morgan fingerprint density at radius 1 is 1.47 bits per heavy atom. The van der Waals surface area contributed by atoms with Gasteiger partial charge in [0.15, 0.2) is 5.65 Å². The zero-order valence-electron chi connectivity index (χ0n) is 9.76. The van der Waals surface area contributed by atoms with Crippen molar-refractivity contribution in [2.24, 2.45) is 5.73 Å². The van der Waals surface area contributed by atoms with Gasteiger partial charge < -0.3 is 15.6 Å². The normalized spacial score (nSPS) is 21.0. The number of anilines is 1. The van der Waals surface area contributed by atoms with Crippen LogP contribution in [0.5, 0.6) is 0 Å². The van der Waals surface area contributed by atoms with Crippen molar-refractivity contribution in [3.8, 4) is 0 Å². The van der Waals surface area contributed by atoms with Crippen LogP contribution in [0.3, 0.4) is 0 Å². The van der Waals surface area contributed by atoms with Crippen LogP contribution in [0.15, 0.2) is 18.3 Å². The van der Waals surface area contributed by atoms with E-state index in [4.69, 9.17) is 5.73 Å². The predicted octanol–water partition coefficient (Wildman–Crippen LogP) is 1.28. The number of rotatable bonds is 2. The van der Waals surface area contributed by atoms with Crippen molar-refractivity contribution < 1.29 is 0 Å². The maximum absolute atomic E-state index is 5.83. The number of piperidine rings is 1.